The fourth-order valence-electron chi connectivity index (χ4n) is 2.18. The molecular formula is C12H16N2O. The first kappa shape index (κ1) is 10.1. The first-order valence-corrected chi connectivity index (χ1v) is 5.08. The lowest BCUT2D eigenvalue weighted by molar-refractivity contribution is 0.480. The maximum atomic E-state index is 9.74. The van der Waals surface area contributed by atoms with Gasteiger partial charge in [-0.15, -0.1) is 0 Å². The average molecular weight is 204 g/mol. The fourth-order valence-corrected chi connectivity index (χ4v) is 2.18. The van der Waals surface area contributed by atoms with E-state index < -0.39 is 0 Å². The quantitative estimate of drug-likeness (QED) is 0.668. The minimum atomic E-state index is -0.0285. The van der Waals surface area contributed by atoms with Crippen LogP contribution < -0.4 is 5.73 Å². The maximum Gasteiger partial charge on any atom is 0.139 e. The Balaban J connectivity index is 2.92. The number of hydrogen-bond donors (Lipinski definition) is 3. The van der Waals surface area contributed by atoms with Gasteiger partial charge < -0.3 is 15.8 Å². The zero-order valence-electron chi connectivity index (χ0n) is 9.26. The molecule has 0 spiro atoms. The van der Waals surface area contributed by atoms with Gasteiger partial charge in [-0.25, -0.2) is 0 Å². The second kappa shape index (κ2) is 3.28. The second-order valence-corrected chi connectivity index (χ2v) is 4.10. The Morgan fingerprint density at radius 1 is 1.33 bits per heavy atom. The van der Waals surface area contributed by atoms with E-state index in [0.29, 0.717) is 0 Å². The molecule has 15 heavy (non-hydrogen) atoms. The van der Waals surface area contributed by atoms with Crippen LogP contribution in [0.25, 0.3) is 10.9 Å². The van der Waals surface area contributed by atoms with Gasteiger partial charge >= 0.3 is 0 Å². The summed E-state index contributed by atoms with van der Waals surface area (Å²) in [4.78, 5) is 3.19. The number of aromatic amines is 1. The number of phenolic OH excluding ortho intramolecular Hbond substituents is 1. The van der Waals surface area contributed by atoms with Crippen LogP contribution in [0.15, 0.2) is 12.1 Å². The van der Waals surface area contributed by atoms with Gasteiger partial charge in [0.05, 0.1) is 5.52 Å². The van der Waals surface area contributed by atoms with E-state index in [1.54, 1.807) is 6.07 Å². The highest BCUT2D eigenvalue weighted by Crippen LogP contribution is 2.33. The summed E-state index contributed by atoms with van der Waals surface area (Å²) >= 11 is 0. The van der Waals surface area contributed by atoms with Gasteiger partial charge in [0.1, 0.15) is 5.75 Å². The molecule has 2 aromatic rings. The molecule has 0 amide bonds. The van der Waals surface area contributed by atoms with Gasteiger partial charge in [0.25, 0.3) is 0 Å². The molecule has 0 bridgehead atoms. The van der Waals surface area contributed by atoms with Gasteiger partial charge in [-0.2, -0.15) is 0 Å². The van der Waals surface area contributed by atoms with Crippen LogP contribution in [0.5, 0.6) is 5.75 Å². The van der Waals surface area contributed by atoms with Crippen molar-refractivity contribution in [2.75, 3.05) is 0 Å². The van der Waals surface area contributed by atoms with Crippen LogP contribution in [-0.2, 0) is 0 Å². The van der Waals surface area contributed by atoms with Crippen molar-refractivity contribution in [3.63, 3.8) is 0 Å². The van der Waals surface area contributed by atoms with Crippen molar-refractivity contribution >= 4 is 10.9 Å². The number of rotatable bonds is 1. The standard InChI is InChI=1S/C12H16N2O/c1-6-4-5-9(15)12-10(6)11(7(2)13)8(3)14-12/h4-5,7,14-15H,13H2,1-3H3. The van der Waals surface area contributed by atoms with Crippen LogP contribution in [0, 0.1) is 13.8 Å². The summed E-state index contributed by atoms with van der Waals surface area (Å²) in [6.45, 7) is 5.97. The maximum absolute atomic E-state index is 9.74. The van der Waals surface area contributed by atoms with Crippen molar-refractivity contribution in [2.24, 2.45) is 5.73 Å². The van der Waals surface area contributed by atoms with Crippen molar-refractivity contribution in [3.8, 4) is 5.75 Å². The first-order chi connectivity index (χ1) is 7.02. The highest BCUT2D eigenvalue weighted by Gasteiger charge is 2.15. The molecule has 0 aliphatic heterocycles. The molecule has 2 rings (SSSR count). The molecule has 0 radical (unpaired) electrons. The predicted molar refractivity (Wildman–Crippen MR) is 62.0 cm³/mol. The molecule has 1 aromatic carbocycles. The molecule has 0 aliphatic carbocycles. The fraction of sp³-hybridized carbons (Fsp3) is 0.333. The third-order valence-corrected chi connectivity index (χ3v) is 2.83. The van der Waals surface area contributed by atoms with Crippen LogP contribution in [0.2, 0.25) is 0 Å². The number of nitrogens with two attached hydrogens (primary N) is 1. The van der Waals surface area contributed by atoms with Crippen LogP contribution in [0.4, 0.5) is 0 Å². The number of nitrogens with one attached hydrogen (secondary N) is 1. The molecule has 0 fully saturated rings. The number of aromatic hydroxyl groups is 1. The molecule has 1 heterocycles. The lowest BCUT2D eigenvalue weighted by Crippen LogP contribution is -2.06. The Bertz CT molecular complexity index is 512. The largest absolute Gasteiger partial charge is 0.506 e. The van der Waals surface area contributed by atoms with Gasteiger partial charge in [0.15, 0.2) is 0 Å². The Kier molecular flexibility index (Phi) is 2.20. The zero-order valence-corrected chi connectivity index (χ0v) is 9.26. The minimum absolute atomic E-state index is 0.0285. The molecule has 3 heteroatoms. The van der Waals surface area contributed by atoms with Gasteiger partial charge in [-0.3, -0.25) is 0 Å². The number of fused-ring (bicyclic) bond motifs is 1. The molecule has 80 valence electrons. The van der Waals surface area contributed by atoms with E-state index >= 15 is 0 Å². The summed E-state index contributed by atoms with van der Waals surface area (Å²) in [5.41, 5.74) is 10.0. The monoisotopic (exact) mass is 204 g/mol. The molecule has 1 aromatic heterocycles. The van der Waals surface area contributed by atoms with Crippen LogP contribution in [0.1, 0.15) is 29.8 Å². The first-order valence-electron chi connectivity index (χ1n) is 5.08. The van der Waals surface area contributed by atoms with E-state index in [0.717, 1.165) is 27.7 Å². The second-order valence-electron chi connectivity index (χ2n) is 4.10. The number of hydrogen-bond acceptors (Lipinski definition) is 2. The van der Waals surface area contributed by atoms with Crippen LogP contribution in [0.3, 0.4) is 0 Å². The Labute approximate surface area is 88.9 Å². The lowest BCUT2D eigenvalue weighted by atomic mass is 10.0. The summed E-state index contributed by atoms with van der Waals surface area (Å²) < 4.78 is 0. The summed E-state index contributed by atoms with van der Waals surface area (Å²) in [5.74, 6) is 0.283. The predicted octanol–water partition coefficient (Wildman–Crippen LogP) is 2.51. The van der Waals surface area contributed by atoms with Gasteiger partial charge in [0.2, 0.25) is 0 Å². The minimum Gasteiger partial charge on any atom is -0.506 e. The lowest BCUT2D eigenvalue weighted by Gasteiger charge is -2.07. The Hall–Kier alpha value is -1.48. The van der Waals surface area contributed by atoms with Gasteiger partial charge in [0, 0.05) is 17.1 Å². The third-order valence-electron chi connectivity index (χ3n) is 2.83. The number of aromatic nitrogens is 1. The molecule has 4 N–H and O–H groups in total. The highest BCUT2D eigenvalue weighted by molar-refractivity contribution is 5.92. The van der Waals surface area contributed by atoms with Crippen LogP contribution in [-0.4, -0.2) is 10.1 Å². The van der Waals surface area contributed by atoms with Gasteiger partial charge in [-0.1, -0.05) is 6.07 Å². The van der Waals surface area contributed by atoms with E-state index in [1.165, 1.54) is 0 Å². The van der Waals surface area contributed by atoms with Crippen LogP contribution >= 0.6 is 0 Å². The number of H-pyrrole nitrogens is 1. The topological polar surface area (TPSA) is 62.0 Å². The van der Waals surface area contributed by atoms with E-state index in [9.17, 15) is 5.11 Å². The van der Waals surface area contributed by atoms with Crippen molar-refractivity contribution in [1.82, 2.24) is 4.98 Å². The molecule has 1 unspecified atom stereocenters. The molecule has 1 atom stereocenters. The van der Waals surface area contributed by atoms with E-state index in [-0.39, 0.29) is 11.8 Å². The Morgan fingerprint density at radius 2 is 2.00 bits per heavy atom. The summed E-state index contributed by atoms with van der Waals surface area (Å²) in [6.07, 6.45) is 0. The third kappa shape index (κ3) is 1.39. The average Bonchev–Trinajstić information content (AvgIpc) is 2.50. The van der Waals surface area contributed by atoms with Crippen molar-refractivity contribution in [3.05, 3.63) is 29.0 Å². The summed E-state index contributed by atoms with van der Waals surface area (Å²) in [7, 11) is 0. The molecule has 3 nitrogen and oxygen atoms in total. The summed E-state index contributed by atoms with van der Waals surface area (Å²) in [6, 6.07) is 3.59. The molecule has 0 aliphatic rings. The molecule has 0 saturated heterocycles. The van der Waals surface area contributed by atoms with Crippen molar-refractivity contribution in [2.45, 2.75) is 26.8 Å². The smallest absolute Gasteiger partial charge is 0.139 e. The van der Waals surface area contributed by atoms with E-state index in [4.69, 9.17) is 5.73 Å². The van der Waals surface area contributed by atoms with E-state index in [2.05, 4.69) is 4.98 Å². The zero-order chi connectivity index (χ0) is 11.2. The SMILES string of the molecule is Cc1[nH]c2c(O)ccc(C)c2c1C(C)N. The normalized spacial score (nSPS) is 13.3. The molecular weight excluding hydrogens is 188 g/mol. The highest BCUT2D eigenvalue weighted by atomic mass is 16.3. The van der Waals surface area contributed by atoms with E-state index in [1.807, 2.05) is 26.8 Å². The van der Waals surface area contributed by atoms with Crippen molar-refractivity contribution in [1.29, 1.82) is 0 Å². The Morgan fingerprint density at radius 3 is 2.60 bits per heavy atom. The number of phenols is 1. The van der Waals surface area contributed by atoms with Crippen molar-refractivity contribution < 1.29 is 5.11 Å². The number of aryl methyl sites for hydroxylation is 2. The molecule has 0 saturated carbocycles. The van der Waals surface area contributed by atoms with Gasteiger partial charge in [-0.05, 0) is 38.0 Å². The summed E-state index contributed by atoms with van der Waals surface area (Å²) in [5, 5.41) is 10.8. The number of benzene rings is 1.